The molecule has 0 aliphatic rings. The van der Waals surface area contributed by atoms with Crippen molar-refractivity contribution in [3.8, 4) is 5.75 Å². The average molecular weight is 278 g/mol. The van der Waals surface area contributed by atoms with Crippen LogP contribution in [0.1, 0.15) is 50.8 Å². The van der Waals surface area contributed by atoms with E-state index in [2.05, 4.69) is 49.3 Å². The van der Waals surface area contributed by atoms with Crippen molar-refractivity contribution in [1.29, 1.82) is 0 Å². The quantitative estimate of drug-likeness (QED) is 0.747. The summed E-state index contributed by atoms with van der Waals surface area (Å²) in [6, 6.07) is 6.90. The lowest BCUT2D eigenvalue weighted by Crippen LogP contribution is -2.20. The third-order valence-corrected chi connectivity index (χ3v) is 3.65. The van der Waals surface area contributed by atoms with E-state index in [9.17, 15) is 0 Å². The van der Waals surface area contributed by atoms with Crippen molar-refractivity contribution in [1.82, 2.24) is 10.2 Å². The number of ether oxygens (including phenoxy) is 1. The smallest absolute Gasteiger partial charge is 0.123 e. The second kappa shape index (κ2) is 8.98. The van der Waals surface area contributed by atoms with Gasteiger partial charge in [-0.05, 0) is 58.6 Å². The number of rotatable bonds is 9. The minimum absolute atomic E-state index is 0.366. The molecule has 1 N–H and O–H groups in total. The molecule has 0 aliphatic carbocycles. The summed E-state index contributed by atoms with van der Waals surface area (Å²) in [5.74, 6) is 1.02. The van der Waals surface area contributed by atoms with Gasteiger partial charge in [0.15, 0.2) is 0 Å². The molecule has 1 atom stereocenters. The Hall–Kier alpha value is -1.06. The number of hydrogen-bond donors (Lipinski definition) is 1. The van der Waals surface area contributed by atoms with Crippen molar-refractivity contribution in [2.24, 2.45) is 0 Å². The van der Waals surface area contributed by atoms with Gasteiger partial charge in [0.25, 0.3) is 0 Å². The fourth-order valence-corrected chi connectivity index (χ4v) is 2.25. The van der Waals surface area contributed by atoms with E-state index in [1.54, 1.807) is 0 Å². The highest BCUT2D eigenvalue weighted by Crippen LogP contribution is 2.24. The number of nitrogens with zero attached hydrogens (tertiary/aromatic N) is 1. The maximum atomic E-state index is 5.76. The van der Waals surface area contributed by atoms with E-state index in [1.807, 2.05) is 14.0 Å². The second-order valence-corrected chi connectivity index (χ2v) is 5.40. The minimum atomic E-state index is 0.366. The molecule has 1 rings (SSSR count). The first-order valence-electron chi connectivity index (χ1n) is 7.73. The van der Waals surface area contributed by atoms with E-state index in [-0.39, 0.29) is 0 Å². The van der Waals surface area contributed by atoms with Gasteiger partial charge >= 0.3 is 0 Å². The third kappa shape index (κ3) is 5.14. The zero-order valence-electron chi connectivity index (χ0n) is 13.7. The summed E-state index contributed by atoms with van der Waals surface area (Å²) in [4.78, 5) is 2.37. The van der Waals surface area contributed by atoms with E-state index >= 15 is 0 Å². The Morgan fingerprint density at radius 3 is 2.65 bits per heavy atom. The third-order valence-electron chi connectivity index (χ3n) is 3.65. The Bertz CT molecular complexity index is 393. The first kappa shape index (κ1) is 17.0. The summed E-state index contributed by atoms with van der Waals surface area (Å²) in [5.41, 5.74) is 2.60. The molecule has 1 aromatic rings. The van der Waals surface area contributed by atoms with Crippen LogP contribution in [-0.2, 0) is 6.54 Å². The van der Waals surface area contributed by atoms with Crippen LogP contribution in [-0.4, -0.2) is 32.1 Å². The largest absolute Gasteiger partial charge is 0.494 e. The van der Waals surface area contributed by atoms with Crippen molar-refractivity contribution >= 4 is 0 Å². The number of nitrogens with one attached hydrogen (secondary N) is 1. The summed E-state index contributed by atoms with van der Waals surface area (Å²) >= 11 is 0. The van der Waals surface area contributed by atoms with Crippen LogP contribution in [0.15, 0.2) is 18.2 Å². The highest BCUT2D eigenvalue weighted by atomic mass is 16.5. The molecule has 0 aliphatic heterocycles. The van der Waals surface area contributed by atoms with Gasteiger partial charge < -0.3 is 15.0 Å². The topological polar surface area (TPSA) is 24.5 Å². The molecule has 0 bridgehead atoms. The van der Waals surface area contributed by atoms with Gasteiger partial charge in [-0.15, -0.1) is 0 Å². The molecule has 0 aromatic heterocycles. The molecule has 0 heterocycles. The van der Waals surface area contributed by atoms with Gasteiger partial charge in [0.2, 0.25) is 0 Å². The summed E-state index contributed by atoms with van der Waals surface area (Å²) < 4.78 is 5.76. The van der Waals surface area contributed by atoms with E-state index in [4.69, 9.17) is 4.74 Å². The molecule has 0 amide bonds. The van der Waals surface area contributed by atoms with Crippen LogP contribution < -0.4 is 10.1 Å². The standard InChI is InChI=1S/C17H30N2O/c1-6-8-11-19(5)13-16-12-15(14(3)18-4)9-10-17(16)20-7-2/h9-10,12,14,18H,6-8,11,13H2,1-5H3. The van der Waals surface area contributed by atoms with Gasteiger partial charge in [-0.1, -0.05) is 19.4 Å². The fourth-order valence-electron chi connectivity index (χ4n) is 2.25. The molecule has 1 unspecified atom stereocenters. The van der Waals surface area contributed by atoms with Crippen molar-refractivity contribution in [2.45, 2.75) is 46.2 Å². The van der Waals surface area contributed by atoms with Crippen molar-refractivity contribution in [3.05, 3.63) is 29.3 Å². The second-order valence-electron chi connectivity index (χ2n) is 5.40. The Morgan fingerprint density at radius 2 is 2.05 bits per heavy atom. The van der Waals surface area contributed by atoms with Gasteiger partial charge in [0.05, 0.1) is 6.61 Å². The van der Waals surface area contributed by atoms with Gasteiger partial charge in [-0.25, -0.2) is 0 Å². The Morgan fingerprint density at radius 1 is 1.30 bits per heavy atom. The first-order chi connectivity index (χ1) is 9.62. The summed E-state index contributed by atoms with van der Waals surface area (Å²) in [6.07, 6.45) is 2.48. The van der Waals surface area contributed by atoms with Crippen LogP contribution in [0.4, 0.5) is 0 Å². The molecular weight excluding hydrogens is 248 g/mol. The van der Waals surface area contributed by atoms with Crippen LogP contribution in [0.5, 0.6) is 5.75 Å². The van der Waals surface area contributed by atoms with Crippen LogP contribution >= 0.6 is 0 Å². The first-order valence-corrected chi connectivity index (χ1v) is 7.73. The molecular formula is C17H30N2O. The zero-order valence-corrected chi connectivity index (χ0v) is 13.7. The predicted octanol–water partition coefficient (Wildman–Crippen LogP) is 3.60. The van der Waals surface area contributed by atoms with Crippen LogP contribution in [0.3, 0.4) is 0 Å². The lowest BCUT2D eigenvalue weighted by molar-refractivity contribution is 0.299. The van der Waals surface area contributed by atoms with E-state index in [0.29, 0.717) is 12.6 Å². The molecule has 0 radical (unpaired) electrons. The Balaban J connectivity index is 2.87. The average Bonchev–Trinajstić information content (AvgIpc) is 2.46. The molecule has 20 heavy (non-hydrogen) atoms. The summed E-state index contributed by atoms with van der Waals surface area (Å²) in [7, 11) is 4.17. The summed E-state index contributed by atoms with van der Waals surface area (Å²) in [5, 5.41) is 3.29. The molecule has 0 saturated heterocycles. The lowest BCUT2D eigenvalue weighted by Gasteiger charge is -2.20. The van der Waals surface area contributed by atoms with Crippen molar-refractivity contribution in [3.63, 3.8) is 0 Å². The van der Waals surface area contributed by atoms with E-state index in [1.165, 1.54) is 24.0 Å². The Labute approximate surface area is 124 Å². The van der Waals surface area contributed by atoms with Crippen LogP contribution in [0.25, 0.3) is 0 Å². The molecule has 114 valence electrons. The molecule has 0 saturated carbocycles. The maximum absolute atomic E-state index is 5.76. The lowest BCUT2D eigenvalue weighted by atomic mass is 10.0. The minimum Gasteiger partial charge on any atom is -0.494 e. The molecule has 0 spiro atoms. The fraction of sp³-hybridized carbons (Fsp3) is 0.647. The van der Waals surface area contributed by atoms with Crippen molar-refractivity contribution < 1.29 is 4.74 Å². The monoisotopic (exact) mass is 278 g/mol. The molecule has 0 fully saturated rings. The SMILES string of the molecule is CCCCN(C)Cc1cc(C(C)NC)ccc1OCC. The normalized spacial score (nSPS) is 12.7. The predicted molar refractivity (Wildman–Crippen MR) is 86.3 cm³/mol. The van der Waals surface area contributed by atoms with Gasteiger partial charge in [-0.3, -0.25) is 0 Å². The Kier molecular flexibility index (Phi) is 7.63. The van der Waals surface area contributed by atoms with Gasteiger partial charge in [-0.2, -0.15) is 0 Å². The number of benzene rings is 1. The number of unbranched alkanes of at least 4 members (excludes halogenated alkanes) is 1. The highest BCUT2D eigenvalue weighted by Gasteiger charge is 2.10. The van der Waals surface area contributed by atoms with Crippen LogP contribution in [0.2, 0.25) is 0 Å². The molecule has 3 nitrogen and oxygen atoms in total. The molecule has 3 heteroatoms. The zero-order chi connectivity index (χ0) is 15.0. The van der Waals surface area contributed by atoms with Crippen LogP contribution in [0, 0.1) is 0 Å². The summed E-state index contributed by atoms with van der Waals surface area (Å²) in [6.45, 7) is 9.24. The van der Waals surface area contributed by atoms with E-state index in [0.717, 1.165) is 18.8 Å². The maximum Gasteiger partial charge on any atom is 0.123 e. The van der Waals surface area contributed by atoms with E-state index < -0.39 is 0 Å². The number of hydrogen-bond acceptors (Lipinski definition) is 3. The van der Waals surface area contributed by atoms with Gasteiger partial charge in [0, 0.05) is 18.2 Å². The van der Waals surface area contributed by atoms with Crippen molar-refractivity contribution in [2.75, 3.05) is 27.2 Å². The van der Waals surface area contributed by atoms with Gasteiger partial charge in [0.1, 0.15) is 5.75 Å². The highest BCUT2D eigenvalue weighted by molar-refractivity contribution is 5.38. The molecule has 1 aromatic carbocycles.